The molecule has 0 spiro atoms. The number of aromatic nitrogens is 3. The average molecular weight is 396 g/mol. The molecule has 2 aromatic heterocycles. The van der Waals surface area contributed by atoms with Crippen LogP contribution in [0.25, 0.3) is 11.3 Å². The van der Waals surface area contributed by atoms with Gasteiger partial charge in [-0.1, -0.05) is 11.6 Å². The van der Waals surface area contributed by atoms with Gasteiger partial charge in [-0.15, -0.1) is 0 Å². The van der Waals surface area contributed by atoms with E-state index >= 15 is 0 Å². The van der Waals surface area contributed by atoms with Gasteiger partial charge in [-0.05, 0) is 42.5 Å². The minimum Gasteiger partial charge on any atom is -0.335 e. The average Bonchev–Trinajstić information content (AvgIpc) is 3.24. The Balaban J connectivity index is 1.38. The summed E-state index contributed by atoms with van der Waals surface area (Å²) in [5.41, 5.74) is 2.62. The second kappa shape index (κ2) is 7.82. The molecular formula is C20H18ClN5O2. The molecule has 4 rings (SSSR count). The van der Waals surface area contributed by atoms with Gasteiger partial charge in [0.15, 0.2) is 0 Å². The molecule has 8 heteroatoms. The molecule has 2 amide bonds. The first-order valence-corrected chi connectivity index (χ1v) is 9.29. The number of rotatable bonds is 3. The SMILES string of the molecule is O=C(c1ccc(Cl)cc1)N1CCN(C(=O)c2cc(-c3ccncc3)n[nH]2)CC1. The quantitative estimate of drug-likeness (QED) is 0.739. The fraction of sp³-hybridized carbons (Fsp3) is 0.200. The van der Waals surface area contributed by atoms with Crippen molar-refractivity contribution in [3.05, 3.63) is 71.1 Å². The Hall–Kier alpha value is -3.19. The van der Waals surface area contributed by atoms with Gasteiger partial charge in [0.1, 0.15) is 5.69 Å². The Morgan fingerprint density at radius 3 is 2.14 bits per heavy atom. The summed E-state index contributed by atoms with van der Waals surface area (Å²) in [6.45, 7) is 1.92. The number of nitrogens with zero attached hydrogens (tertiary/aromatic N) is 4. The predicted octanol–water partition coefficient (Wildman–Crippen LogP) is 2.72. The van der Waals surface area contributed by atoms with Gasteiger partial charge < -0.3 is 9.80 Å². The Kier molecular flexibility index (Phi) is 5.08. The van der Waals surface area contributed by atoms with Crippen LogP contribution in [0.3, 0.4) is 0 Å². The summed E-state index contributed by atoms with van der Waals surface area (Å²) in [7, 11) is 0. The van der Waals surface area contributed by atoms with E-state index in [1.165, 1.54) is 0 Å². The molecule has 1 aromatic carbocycles. The molecule has 3 aromatic rings. The van der Waals surface area contributed by atoms with Crippen LogP contribution in [0.2, 0.25) is 5.02 Å². The largest absolute Gasteiger partial charge is 0.335 e. The van der Waals surface area contributed by atoms with Gasteiger partial charge >= 0.3 is 0 Å². The molecule has 3 heterocycles. The summed E-state index contributed by atoms with van der Waals surface area (Å²) in [5, 5.41) is 7.62. The van der Waals surface area contributed by atoms with Gasteiger partial charge in [0, 0.05) is 54.7 Å². The molecule has 0 radical (unpaired) electrons. The lowest BCUT2D eigenvalue weighted by molar-refractivity contribution is 0.0532. The minimum atomic E-state index is -0.119. The third-order valence-electron chi connectivity index (χ3n) is 4.73. The van der Waals surface area contributed by atoms with E-state index in [9.17, 15) is 9.59 Å². The number of halogens is 1. The third-order valence-corrected chi connectivity index (χ3v) is 4.98. The Morgan fingerprint density at radius 2 is 1.50 bits per heavy atom. The second-order valence-electron chi connectivity index (χ2n) is 6.49. The molecule has 1 N–H and O–H groups in total. The van der Waals surface area contributed by atoms with Gasteiger partial charge in [0.2, 0.25) is 0 Å². The number of hydrogen-bond donors (Lipinski definition) is 1. The highest BCUT2D eigenvalue weighted by atomic mass is 35.5. The third kappa shape index (κ3) is 3.75. The van der Waals surface area contributed by atoms with Gasteiger partial charge in [0.05, 0.1) is 5.69 Å². The molecule has 1 saturated heterocycles. The minimum absolute atomic E-state index is 0.0507. The summed E-state index contributed by atoms with van der Waals surface area (Å²) >= 11 is 5.87. The highest BCUT2D eigenvalue weighted by Gasteiger charge is 2.26. The number of carbonyl (C=O) groups excluding carboxylic acids is 2. The van der Waals surface area contributed by atoms with Gasteiger partial charge in [-0.3, -0.25) is 19.7 Å². The second-order valence-corrected chi connectivity index (χ2v) is 6.93. The molecular weight excluding hydrogens is 378 g/mol. The molecule has 0 aliphatic carbocycles. The molecule has 0 unspecified atom stereocenters. The van der Waals surface area contributed by atoms with Crippen LogP contribution in [-0.4, -0.2) is 63.0 Å². The molecule has 28 heavy (non-hydrogen) atoms. The zero-order valence-corrected chi connectivity index (χ0v) is 15.8. The molecule has 1 fully saturated rings. The summed E-state index contributed by atoms with van der Waals surface area (Å²) < 4.78 is 0. The molecule has 0 bridgehead atoms. The lowest BCUT2D eigenvalue weighted by atomic mass is 10.1. The zero-order valence-electron chi connectivity index (χ0n) is 15.0. The van der Waals surface area contributed by atoms with Crippen LogP contribution in [0.1, 0.15) is 20.8 Å². The highest BCUT2D eigenvalue weighted by Crippen LogP contribution is 2.18. The lowest BCUT2D eigenvalue weighted by Crippen LogP contribution is -2.50. The van der Waals surface area contributed by atoms with Crippen molar-refractivity contribution >= 4 is 23.4 Å². The van der Waals surface area contributed by atoms with Crippen molar-refractivity contribution in [2.75, 3.05) is 26.2 Å². The number of hydrogen-bond acceptors (Lipinski definition) is 4. The van der Waals surface area contributed by atoms with Crippen LogP contribution in [0, 0.1) is 0 Å². The number of aromatic amines is 1. The van der Waals surface area contributed by atoms with Crippen LogP contribution in [0.15, 0.2) is 54.9 Å². The number of carbonyl (C=O) groups is 2. The van der Waals surface area contributed by atoms with Crippen molar-refractivity contribution < 1.29 is 9.59 Å². The van der Waals surface area contributed by atoms with Crippen molar-refractivity contribution in [2.45, 2.75) is 0 Å². The fourth-order valence-electron chi connectivity index (χ4n) is 3.16. The van der Waals surface area contributed by atoms with E-state index in [0.29, 0.717) is 48.2 Å². The van der Waals surface area contributed by atoms with Crippen LogP contribution < -0.4 is 0 Å². The Morgan fingerprint density at radius 1 is 0.893 bits per heavy atom. The van der Waals surface area contributed by atoms with E-state index < -0.39 is 0 Å². The number of H-pyrrole nitrogens is 1. The summed E-state index contributed by atoms with van der Waals surface area (Å²) in [6.07, 6.45) is 3.37. The molecule has 1 aliphatic heterocycles. The molecule has 142 valence electrons. The number of pyridine rings is 1. The molecule has 7 nitrogen and oxygen atoms in total. The first kappa shape index (κ1) is 18.2. The van der Waals surface area contributed by atoms with E-state index in [0.717, 1.165) is 5.56 Å². The summed E-state index contributed by atoms with van der Waals surface area (Å²) in [6, 6.07) is 12.3. The zero-order chi connectivity index (χ0) is 19.5. The summed E-state index contributed by atoms with van der Waals surface area (Å²) in [5.74, 6) is -0.170. The molecule has 0 saturated carbocycles. The monoisotopic (exact) mass is 395 g/mol. The van der Waals surface area contributed by atoms with Crippen LogP contribution in [-0.2, 0) is 0 Å². The lowest BCUT2D eigenvalue weighted by Gasteiger charge is -2.34. The molecule has 0 atom stereocenters. The first-order valence-electron chi connectivity index (χ1n) is 8.92. The highest BCUT2D eigenvalue weighted by molar-refractivity contribution is 6.30. The topological polar surface area (TPSA) is 82.2 Å². The van der Waals surface area contributed by atoms with Crippen molar-refractivity contribution in [2.24, 2.45) is 0 Å². The van der Waals surface area contributed by atoms with E-state index in [1.807, 2.05) is 12.1 Å². The van der Waals surface area contributed by atoms with E-state index in [4.69, 9.17) is 11.6 Å². The number of amides is 2. The van der Waals surface area contributed by atoms with Crippen LogP contribution in [0.4, 0.5) is 0 Å². The Bertz CT molecular complexity index is 979. The van der Waals surface area contributed by atoms with Gasteiger partial charge in [0.25, 0.3) is 11.8 Å². The number of nitrogens with one attached hydrogen (secondary N) is 1. The predicted molar refractivity (Wildman–Crippen MR) is 105 cm³/mol. The van der Waals surface area contributed by atoms with Crippen molar-refractivity contribution in [3.63, 3.8) is 0 Å². The van der Waals surface area contributed by atoms with Crippen molar-refractivity contribution in [1.82, 2.24) is 25.0 Å². The van der Waals surface area contributed by atoms with E-state index in [-0.39, 0.29) is 11.8 Å². The van der Waals surface area contributed by atoms with E-state index in [1.54, 1.807) is 52.5 Å². The van der Waals surface area contributed by atoms with Crippen molar-refractivity contribution in [1.29, 1.82) is 0 Å². The maximum absolute atomic E-state index is 12.8. The Labute approximate surface area is 166 Å². The van der Waals surface area contributed by atoms with Crippen LogP contribution in [0.5, 0.6) is 0 Å². The number of benzene rings is 1. The maximum Gasteiger partial charge on any atom is 0.272 e. The smallest absolute Gasteiger partial charge is 0.272 e. The van der Waals surface area contributed by atoms with E-state index in [2.05, 4.69) is 15.2 Å². The van der Waals surface area contributed by atoms with Crippen LogP contribution >= 0.6 is 11.6 Å². The summed E-state index contributed by atoms with van der Waals surface area (Å²) in [4.78, 5) is 32.8. The normalized spacial score (nSPS) is 14.2. The first-order chi connectivity index (χ1) is 13.6. The standard InChI is InChI=1S/C20H18ClN5O2/c21-16-3-1-15(2-4-16)19(27)25-9-11-26(12-10-25)20(28)18-13-17(23-24-18)14-5-7-22-8-6-14/h1-8,13H,9-12H2,(H,23,24). The maximum atomic E-state index is 12.8. The molecule has 1 aliphatic rings. The van der Waals surface area contributed by atoms with Gasteiger partial charge in [-0.2, -0.15) is 5.10 Å². The van der Waals surface area contributed by atoms with Gasteiger partial charge in [-0.25, -0.2) is 0 Å². The number of piperazine rings is 1. The van der Waals surface area contributed by atoms with Crippen molar-refractivity contribution in [3.8, 4) is 11.3 Å². The fourth-order valence-corrected chi connectivity index (χ4v) is 3.29.